The fourth-order valence-electron chi connectivity index (χ4n) is 3.56. The molecule has 2 heterocycles. The van der Waals surface area contributed by atoms with E-state index in [-0.39, 0.29) is 0 Å². The zero-order valence-corrected chi connectivity index (χ0v) is 16.3. The molecule has 5 rings (SSSR count). The van der Waals surface area contributed by atoms with E-state index in [9.17, 15) is 13.6 Å². The Kier molecular flexibility index (Phi) is 4.52. The Balaban J connectivity index is 1.77. The summed E-state index contributed by atoms with van der Waals surface area (Å²) in [6.45, 7) is 0. The fraction of sp³-hybridized carbons (Fsp3) is 0.0435. The van der Waals surface area contributed by atoms with Gasteiger partial charge in [-0.25, -0.2) is 18.6 Å². The number of nitrogens with one attached hydrogen (secondary N) is 2. The molecule has 0 saturated heterocycles. The van der Waals surface area contributed by atoms with Crippen LogP contribution in [0.4, 0.5) is 13.6 Å². The predicted molar refractivity (Wildman–Crippen MR) is 114 cm³/mol. The van der Waals surface area contributed by atoms with Gasteiger partial charge in [0.15, 0.2) is 11.6 Å². The quantitative estimate of drug-likeness (QED) is 0.461. The number of rotatable bonds is 3. The predicted octanol–water partition coefficient (Wildman–Crippen LogP) is 5.50. The van der Waals surface area contributed by atoms with E-state index in [1.165, 1.54) is 17.4 Å². The highest BCUT2D eigenvalue weighted by atomic mass is 32.1. The molecule has 7 heteroatoms. The Morgan fingerprint density at radius 3 is 2.43 bits per heavy atom. The monoisotopic (exact) mass is 419 g/mol. The van der Waals surface area contributed by atoms with Crippen molar-refractivity contribution in [3.63, 3.8) is 0 Å². The Morgan fingerprint density at radius 1 is 0.900 bits per heavy atom. The van der Waals surface area contributed by atoms with Gasteiger partial charge in [-0.1, -0.05) is 48.5 Å². The molecule has 1 atom stereocenters. The second-order valence-corrected chi connectivity index (χ2v) is 7.88. The van der Waals surface area contributed by atoms with Crippen LogP contribution in [0.15, 0.2) is 72.8 Å². The molecule has 2 N–H and O–H groups in total. The van der Waals surface area contributed by atoms with Crippen molar-refractivity contribution in [1.29, 1.82) is 0 Å². The zero-order chi connectivity index (χ0) is 20.7. The van der Waals surface area contributed by atoms with Gasteiger partial charge in [-0.3, -0.25) is 0 Å². The number of carbonyl (C=O) groups excluding carboxylic acids is 1. The van der Waals surface area contributed by atoms with E-state index in [1.807, 2.05) is 54.6 Å². The van der Waals surface area contributed by atoms with Gasteiger partial charge in [0.05, 0.1) is 22.0 Å². The van der Waals surface area contributed by atoms with Crippen LogP contribution in [0, 0.1) is 11.6 Å². The second kappa shape index (κ2) is 7.35. The Bertz CT molecular complexity index is 1270. The van der Waals surface area contributed by atoms with Crippen molar-refractivity contribution < 1.29 is 13.6 Å². The number of hydrogen-bond donors (Lipinski definition) is 2. The van der Waals surface area contributed by atoms with E-state index in [4.69, 9.17) is 4.98 Å². The van der Waals surface area contributed by atoms with Gasteiger partial charge in [0.1, 0.15) is 5.01 Å². The van der Waals surface area contributed by atoms with Crippen LogP contribution in [-0.4, -0.2) is 11.0 Å². The van der Waals surface area contributed by atoms with Crippen LogP contribution in [-0.2, 0) is 0 Å². The van der Waals surface area contributed by atoms with Gasteiger partial charge < -0.3 is 10.6 Å². The lowest BCUT2D eigenvalue weighted by atomic mass is 9.93. The highest BCUT2D eigenvalue weighted by molar-refractivity contribution is 7.19. The number of aromatic nitrogens is 1. The van der Waals surface area contributed by atoms with Gasteiger partial charge in [0, 0.05) is 5.57 Å². The van der Waals surface area contributed by atoms with E-state index in [1.54, 1.807) is 0 Å². The lowest BCUT2D eigenvalue weighted by Crippen LogP contribution is -2.43. The third kappa shape index (κ3) is 3.23. The van der Waals surface area contributed by atoms with Crippen LogP contribution in [0.2, 0.25) is 0 Å². The average Bonchev–Trinajstić information content (AvgIpc) is 3.19. The lowest BCUT2D eigenvalue weighted by molar-refractivity contribution is 0.242. The number of halogens is 2. The first kappa shape index (κ1) is 18.4. The summed E-state index contributed by atoms with van der Waals surface area (Å²) in [5.41, 5.74) is 3.36. The molecular formula is C23H15F2N3OS. The summed E-state index contributed by atoms with van der Waals surface area (Å²) < 4.78 is 28.6. The largest absolute Gasteiger partial charge is 0.327 e. The first-order valence-electron chi connectivity index (χ1n) is 9.28. The van der Waals surface area contributed by atoms with Gasteiger partial charge in [0.25, 0.3) is 0 Å². The van der Waals surface area contributed by atoms with Crippen LogP contribution in [0.1, 0.15) is 22.2 Å². The first-order valence-corrected chi connectivity index (χ1v) is 10.1. The van der Waals surface area contributed by atoms with E-state index in [0.717, 1.165) is 27.9 Å². The van der Waals surface area contributed by atoms with E-state index < -0.39 is 23.7 Å². The smallest absolute Gasteiger partial charge is 0.320 e. The molecule has 30 heavy (non-hydrogen) atoms. The number of benzene rings is 3. The van der Waals surface area contributed by atoms with Crippen molar-refractivity contribution in [2.45, 2.75) is 6.04 Å². The summed E-state index contributed by atoms with van der Waals surface area (Å²) in [5, 5.41) is 6.41. The van der Waals surface area contributed by atoms with Crippen LogP contribution >= 0.6 is 11.3 Å². The maximum absolute atomic E-state index is 14.0. The molecule has 0 unspecified atom stereocenters. The summed E-state index contributed by atoms with van der Waals surface area (Å²) in [6.07, 6.45) is 0. The number of para-hydroxylation sites is 1. The summed E-state index contributed by atoms with van der Waals surface area (Å²) in [6, 6.07) is 19.7. The van der Waals surface area contributed by atoms with E-state index in [2.05, 4.69) is 10.6 Å². The standard InChI is InChI=1S/C23H15F2N3OS/c24-15-11-10-14(12-16(15)25)21-19(22-26-17-8-4-5-9-18(17)30-22)20(27-23(29)28-21)13-6-2-1-3-7-13/h1-12,21H,(H2,27,28,29)/t21-/m1/s1. The minimum absolute atomic E-state index is 0.423. The van der Waals surface area contributed by atoms with Crippen molar-refractivity contribution in [3.05, 3.63) is 101 Å². The minimum Gasteiger partial charge on any atom is -0.327 e. The molecule has 1 aromatic heterocycles. The lowest BCUT2D eigenvalue weighted by Gasteiger charge is -2.30. The van der Waals surface area contributed by atoms with Crippen LogP contribution in [0.3, 0.4) is 0 Å². The van der Waals surface area contributed by atoms with Gasteiger partial charge in [-0.05, 0) is 35.4 Å². The molecule has 0 fully saturated rings. The molecule has 1 aliphatic rings. The summed E-state index contributed by atoms with van der Waals surface area (Å²) in [7, 11) is 0. The number of urea groups is 1. The van der Waals surface area contributed by atoms with Gasteiger partial charge >= 0.3 is 6.03 Å². The molecule has 0 spiro atoms. The molecule has 4 aromatic rings. The van der Waals surface area contributed by atoms with Crippen LogP contribution in [0.25, 0.3) is 21.5 Å². The van der Waals surface area contributed by atoms with E-state index in [0.29, 0.717) is 21.8 Å². The van der Waals surface area contributed by atoms with Crippen molar-refractivity contribution >= 4 is 38.9 Å². The molecule has 3 aromatic carbocycles. The molecular weight excluding hydrogens is 404 g/mol. The van der Waals surface area contributed by atoms with E-state index >= 15 is 0 Å². The molecule has 0 saturated carbocycles. The van der Waals surface area contributed by atoms with Crippen molar-refractivity contribution in [1.82, 2.24) is 15.6 Å². The van der Waals surface area contributed by atoms with Crippen molar-refractivity contribution in [2.75, 3.05) is 0 Å². The summed E-state index contributed by atoms with van der Waals surface area (Å²) in [5.74, 6) is -1.90. The molecule has 4 nitrogen and oxygen atoms in total. The van der Waals surface area contributed by atoms with Gasteiger partial charge in [-0.15, -0.1) is 11.3 Å². The number of amides is 2. The third-order valence-electron chi connectivity index (χ3n) is 4.94. The number of thiazole rings is 1. The molecule has 0 bridgehead atoms. The minimum atomic E-state index is -0.967. The number of hydrogen-bond acceptors (Lipinski definition) is 3. The third-order valence-corrected chi connectivity index (χ3v) is 6.01. The van der Waals surface area contributed by atoms with Crippen molar-refractivity contribution in [3.8, 4) is 0 Å². The number of carbonyl (C=O) groups is 1. The zero-order valence-electron chi connectivity index (χ0n) is 15.5. The highest BCUT2D eigenvalue weighted by Gasteiger charge is 2.32. The number of nitrogens with zero attached hydrogens (tertiary/aromatic N) is 1. The summed E-state index contributed by atoms with van der Waals surface area (Å²) in [4.78, 5) is 17.2. The van der Waals surface area contributed by atoms with Gasteiger partial charge in [0.2, 0.25) is 0 Å². The Morgan fingerprint density at radius 2 is 1.67 bits per heavy atom. The Labute approximate surface area is 174 Å². The van der Waals surface area contributed by atoms with Crippen molar-refractivity contribution in [2.24, 2.45) is 0 Å². The topological polar surface area (TPSA) is 54.0 Å². The maximum Gasteiger partial charge on any atom is 0.320 e. The SMILES string of the molecule is O=C1NC(c2ccccc2)=C(c2nc3ccccc3s2)[C@@H](c2ccc(F)c(F)c2)N1. The second-order valence-electron chi connectivity index (χ2n) is 6.85. The van der Waals surface area contributed by atoms with Crippen LogP contribution < -0.4 is 10.6 Å². The molecule has 148 valence electrons. The van der Waals surface area contributed by atoms with Gasteiger partial charge in [-0.2, -0.15) is 0 Å². The average molecular weight is 419 g/mol. The highest BCUT2D eigenvalue weighted by Crippen LogP contribution is 2.41. The fourth-order valence-corrected chi connectivity index (χ4v) is 4.60. The molecule has 1 aliphatic heterocycles. The maximum atomic E-state index is 14.0. The molecule has 2 amide bonds. The van der Waals surface area contributed by atoms with Crippen LogP contribution in [0.5, 0.6) is 0 Å². The Hall–Kier alpha value is -3.58. The number of fused-ring (bicyclic) bond motifs is 1. The molecule has 0 radical (unpaired) electrons. The normalized spacial score (nSPS) is 16.5. The summed E-state index contributed by atoms with van der Waals surface area (Å²) >= 11 is 1.48. The molecule has 0 aliphatic carbocycles. The first-order chi connectivity index (χ1) is 14.6.